The predicted octanol–water partition coefficient (Wildman–Crippen LogP) is 2.75. The molecule has 0 aromatic heterocycles. The van der Waals surface area contributed by atoms with Gasteiger partial charge in [-0.05, 0) is 51.3 Å². The molecule has 1 saturated heterocycles. The van der Waals surface area contributed by atoms with Gasteiger partial charge in [-0.2, -0.15) is 0 Å². The van der Waals surface area contributed by atoms with Crippen molar-refractivity contribution in [2.45, 2.75) is 58.0 Å². The van der Waals surface area contributed by atoms with Crippen LogP contribution in [0.25, 0.3) is 0 Å². The number of methoxy groups -OCH3 is 1. The number of hydrogen-bond acceptors (Lipinski definition) is 6. The predicted molar refractivity (Wildman–Crippen MR) is 117 cm³/mol. The average Bonchev–Trinajstić information content (AvgIpc) is 2.94. The Hall–Kier alpha value is -2.42. The third kappa shape index (κ3) is 5.09. The normalized spacial score (nSPS) is 18.0. The Morgan fingerprint density at radius 2 is 1.71 bits per heavy atom. The number of carbonyl (C=O) groups is 1. The van der Waals surface area contributed by atoms with Crippen LogP contribution >= 0.6 is 0 Å². The van der Waals surface area contributed by atoms with Crippen molar-refractivity contribution in [1.82, 2.24) is 0 Å². The van der Waals surface area contributed by atoms with Crippen molar-refractivity contribution in [2.24, 2.45) is 5.73 Å². The van der Waals surface area contributed by atoms with Gasteiger partial charge in [0.05, 0.1) is 18.3 Å². The van der Waals surface area contributed by atoms with Crippen LogP contribution in [0.5, 0.6) is 5.75 Å². The number of halogens is 1. The van der Waals surface area contributed by atoms with E-state index in [4.69, 9.17) is 19.8 Å². The Labute approximate surface area is 183 Å². The number of hydrogen-bond donors (Lipinski definition) is 1. The smallest absolute Gasteiger partial charge is 0.486 e. The van der Waals surface area contributed by atoms with E-state index >= 15 is 4.39 Å². The van der Waals surface area contributed by atoms with Gasteiger partial charge in [-0.25, -0.2) is 4.39 Å². The summed E-state index contributed by atoms with van der Waals surface area (Å²) < 4.78 is 38.0. The lowest BCUT2D eigenvalue weighted by atomic mass is 9.77. The maximum absolute atomic E-state index is 15.2. The van der Waals surface area contributed by atoms with Gasteiger partial charge >= 0.3 is 13.1 Å². The van der Waals surface area contributed by atoms with Crippen LogP contribution in [0.4, 0.5) is 4.39 Å². The van der Waals surface area contributed by atoms with Gasteiger partial charge in [-0.1, -0.05) is 36.4 Å². The largest absolute Gasteiger partial charge is 0.498 e. The van der Waals surface area contributed by atoms with Crippen molar-refractivity contribution in [3.05, 3.63) is 59.4 Å². The van der Waals surface area contributed by atoms with Gasteiger partial charge in [0.2, 0.25) is 0 Å². The highest BCUT2D eigenvalue weighted by atomic mass is 19.1. The lowest BCUT2D eigenvalue weighted by Crippen LogP contribution is -2.41. The molecule has 31 heavy (non-hydrogen) atoms. The standard InChI is InChI=1S/C23H29BFNO5/c1-22(2)23(3,4)31-24(30-22)17-11-16(13-19(26)21(27)28-5)12-18(25)20(17)29-14-15-9-7-6-8-10-15/h6-12,19H,13-14,26H2,1-5H3/t19-/m0/s1. The molecule has 1 heterocycles. The molecule has 0 amide bonds. The molecule has 0 spiro atoms. The summed E-state index contributed by atoms with van der Waals surface area (Å²) in [5.74, 6) is -1.09. The molecule has 2 aromatic rings. The SMILES string of the molecule is COC(=O)[C@@H](N)Cc1cc(F)c(OCc2ccccc2)c(B2OC(C)(C)C(C)(C)O2)c1. The van der Waals surface area contributed by atoms with Gasteiger partial charge in [0.25, 0.3) is 0 Å². The van der Waals surface area contributed by atoms with Crippen LogP contribution in [0.2, 0.25) is 0 Å². The van der Waals surface area contributed by atoms with Crippen molar-refractivity contribution < 1.29 is 28.0 Å². The average molecular weight is 429 g/mol. The van der Waals surface area contributed by atoms with Crippen LogP contribution in [0.15, 0.2) is 42.5 Å². The highest BCUT2D eigenvalue weighted by Crippen LogP contribution is 2.37. The Morgan fingerprint density at radius 1 is 1.10 bits per heavy atom. The summed E-state index contributed by atoms with van der Waals surface area (Å²) in [5, 5.41) is 0. The van der Waals surface area contributed by atoms with E-state index < -0.39 is 36.1 Å². The summed E-state index contributed by atoms with van der Waals surface area (Å²) in [6, 6.07) is 11.6. The molecule has 1 fully saturated rings. The van der Waals surface area contributed by atoms with Crippen LogP contribution in [0, 0.1) is 5.82 Å². The lowest BCUT2D eigenvalue weighted by molar-refractivity contribution is -0.142. The van der Waals surface area contributed by atoms with Gasteiger partial charge < -0.3 is 24.5 Å². The third-order valence-electron chi connectivity index (χ3n) is 5.82. The fraction of sp³-hybridized carbons (Fsp3) is 0.435. The van der Waals surface area contributed by atoms with Crippen LogP contribution in [0.3, 0.4) is 0 Å². The zero-order valence-corrected chi connectivity index (χ0v) is 18.6. The number of ether oxygens (including phenoxy) is 2. The van der Waals surface area contributed by atoms with E-state index in [9.17, 15) is 4.79 Å². The van der Waals surface area contributed by atoms with Crippen LogP contribution < -0.4 is 15.9 Å². The number of rotatable bonds is 7. The molecule has 1 aliphatic heterocycles. The first-order chi connectivity index (χ1) is 14.5. The van der Waals surface area contributed by atoms with E-state index in [1.165, 1.54) is 13.2 Å². The van der Waals surface area contributed by atoms with Crippen molar-refractivity contribution in [3.63, 3.8) is 0 Å². The minimum absolute atomic E-state index is 0.0535. The summed E-state index contributed by atoms with van der Waals surface area (Å²) in [7, 11) is 0.429. The van der Waals surface area contributed by atoms with Crippen LogP contribution in [-0.2, 0) is 31.9 Å². The molecule has 3 rings (SSSR count). The highest BCUT2D eigenvalue weighted by molar-refractivity contribution is 6.63. The molecule has 8 heteroatoms. The first-order valence-electron chi connectivity index (χ1n) is 10.2. The molecule has 2 N–H and O–H groups in total. The van der Waals surface area contributed by atoms with Crippen molar-refractivity contribution in [3.8, 4) is 5.75 Å². The van der Waals surface area contributed by atoms with Gasteiger partial charge in [0.1, 0.15) is 12.6 Å². The second-order valence-electron chi connectivity index (χ2n) is 8.69. The molecule has 1 atom stereocenters. The molecule has 0 radical (unpaired) electrons. The topological polar surface area (TPSA) is 80.0 Å². The lowest BCUT2D eigenvalue weighted by Gasteiger charge is -2.32. The fourth-order valence-electron chi connectivity index (χ4n) is 3.31. The molecule has 0 saturated carbocycles. The van der Waals surface area contributed by atoms with E-state index in [0.29, 0.717) is 11.0 Å². The second-order valence-corrected chi connectivity index (χ2v) is 8.69. The van der Waals surface area contributed by atoms with Crippen molar-refractivity contribution in [2.75, 3.05) is 7.11 Å². The van der Waals surface area contributed by atoms with E-state index in [1.807, 2.05) is 58.0 Å². The van der Waals surface area contributed by atoms with Gasteiger partial charge in [-0.3, -0.25) is 4.79 Å². The van der Waals surface area contributed by atoms with E-state index in [-0.39, 0.29) is 18.8 Å². The number of carbonyl (C=O) groups excluding carboxylic acids is 1. The van der Waals surface area contributed by atoms with Crippen molar-refractivity contribution in [1.29, 1.82) is 0 Å². The number of nitrogens with two attached hydrogens (primary N) is 1. The first kappa shape index (κ1) is 23.3. The summed E-state index contributed by atoms with van der Waals surface area (Å²) in [4.78, 5) is 11.7. The molecule has 166 valence electrons. The molecule has 0 bridgehead atoms. The Kier molecular flexibility index (Phi) is 6.74. The Bertz CT molecular complexity index is 919. The highest BCUT2D eigenvalue weighted by Gasteiger charge is 2.52. The van der Waals surface area contributed by atoms with E-state index in [2.05, 4.69) is 4.74 Å². The zero-order chi connectivity index (χ0) is 22.8. The van der Waals surface area contributed by atoms with E-state index in [0.717, 1.165) is 5.56 Å². The van der Waals surface area contributed by atoms with Crippen LogP contribution in [0.1, 0.15) is 38.8 Å². The molecular weight excluding hydrogens is 400 g/mol. The molecule has 0 aliphatic carbocycles. The fourth-order valence-corrected chi connectivity index (χ4v) is 3.31. The Morgan fingerprint density at radius 3 is 2.29 bits per heavy atom. The van der Waals surface area contributed by atoms with Gasteiger partial charge in [0.15, 0.2) is 11.6 Å². The first-order valence-corrected chi connectivity index (χ1v) is 10.2. The van der Waals surface area contributed by atoms with Crippen LogP contribution in [-0.4, -0.2) is 37.4 Å². The molecule has 2 aromatic carbocycles. The summed E-state index contributed by atoms with van der Waals surface area (Å²) in [5.41, 5.74) is 6.51. The molecular formula is C23H29BFNO5. The zero-order valence-electron chi connectivity index (χ0n) is 18.6. The monoisotopic (exact) mass is 429 g/mol. The number of benzene rings is 2. The molecule has 6 nitrogen and oxygen atoms in total. The minimum atomic E-state index is -0.911. The molecule has 1 aliphatic rings. The summed E-state index contributed by atoms with van der Waals surface area (Å²) >= 11 is 0. The quantitative estimate of drug-likeness (QED) is 0.539. The number of esters is 1. The Balaban J connectivity index is 1.96. The summed E-state index contributed by atoms with van der Waals surface area (Å²) in [6.07, 6.45) is 0.106. The second kappa shape index (κ2) is 8.98. The summed E-state index contributed by atoms with van der Waals surface area (Å²) in [6.45, 7) is 7.87. The van der Waals surface area contributed by atoms with Gasteiger partial charge in [-0.15, -0.1) is 0 Å². The van der Waals surface area contributed by atoms with E-state index in [1.54, 1.807) is 6.07 Å². The van der Waals surface area contributed by atoms with Crippen molar-refractivity contribution >= 4 is 18.6 Å². The van der Waals surface area contributed by atoms with Gasteiger partial charge in [0, 0.05) is 5.46 Å². The molecule has 0 unspecified atom stereocenters. The minimum Gasteiger partial charge on any atom is -0.486 e. The third-order valence-corrected chi connectivity index (χ3v) is 5.82. The maximum Gasteiger partial charge on any atom is 0.498 e. The maximum atomic E-state index is 15.2.